The number of aromatic nitrogens is 3. The molecule has 5 aliphatic rings. The minimum absolute atomic E-state index is 0. The predicted molar refractivity (Wildman–Crippen MR) is 414 cm³/mol. The second-order valence-corrected chi connectivity index (χ2v) is 31.6. The predicted octanol–water partition coefficient (Wildman–Crippen LogP) is 24.1. The van der Waals surface area contributed by atoms with Gasteiger partial charge in [0.1, 0.15) is 28.4 Å². The minimum atomic E-state index is 0. The van der Waals surface area contributed by atoms with Crippen molar-refractivity contribution in [3.63, 3.8) is 0 Å². The maximum atomic E-state index is 12.5. The van der Waals surface area contributed by atoms with Crippen molar-refractivity contribution in [2.24, 2.45) is 29.6 Å². The second-order valence-electron chi connectivity index (χ2n) is 31.6. The topological polar surface area (TPSA) is 118 Å². The lowest BCUT2D eigenvalue weighted by Crippen LogP contribution is -2.25. The number of anilines is 1. The molecule has 4 aliphatic heterocycles. The Morgan fingerprint density at radius 3 is 1.33 bits per heavy atom. The number of aromatic amines is 3. The number of nitrogens with zero attached hydrogens (tertiary/aromatic N) is 2. The van der Waals surface area contributed by atoms with E-state index in [1.807, 2.05) is 6.07 Å². The van der Waals surface area contributed by atoms with Crippen LogP contribution in [0.3, 0.4) is 0 Å². The lowest BCUT2D eigenvalue weighted by molar-refractivity contribution is -0.121. The Hall–Kier alpha value is -7.27. The normalized spacial score (nSPS) is 16.8. The fourth-order valence-corrected chi connectivity index (χ4v) is 14.2. The molecule has 522 valence electrons. The van der Waals surface area contributed by atoms with E-state index in [2.05, 4.69) is 260 Å². The third-order valence-electron chi connectivity index (χ3n) is 21.0. The summed E-state index contributed by atoms with van der Waals surface area (Å²) in [6, 6.07) is 35.0. The molecule has 10 nitrogen and oxygen atoms in total. The first-order chi connectivity index (χ1) is 45.1. The molecule has 10 aromatic rings. The molecular formula is C87H120N6O4. The summed E-state index contributed by atoms with van der Waals surface area (Å²) in [5.74, 6) is 8.14. The van der Waals surface area contributed by atoms with Crippen LogP contribution in [0, 0.1) is 29.6 Å². The van der Waals surface area contributed by atoms with E-state index < -0.39 is 0 Å². The molecule has 1 aliphatic carbocycles. The molecule has 0 saturated carbocycles. The number of rotatable bonds is 10. The first-order valence-corrected chi connectivity index (χ1v) is 36.3. The minimum Gasteiger partial charge on any atom is -0.493 e. The summed E-state index contributed by atoms with van der Waals surface area (Å²) in [7, 11) is 0. The summed E-state index contributed by atoms with van der Waals surface area (Å²) >= 11 is 0. The highest BCUT2D eigenvalue weighted by Gasteiger charge is 2.30. The fraction of sp³-hybridized carbons (Fsp3) is 0.506. The molecule has 0 fully saturated rings. The molecule has 5 aromatic carbocycles. The molecule has 4 N–H and O–H groups in total. The van der Waals surface area contributed by atoms with Crippen LogP contribution in [-0.4, -0.2) is 49.3 Å². The van der Waals surface area contributed by atoms with E-state index in [-0.39, 0.29) is 26.7 Å². The number of aryl methyl sites for hydroxylation is 2. The van der Waals surface area contributed by atoms with Crippen LogP contribution in [0.25, 0.3) is 60.7 Å². The van der Waals surface area contributed by atoms with Crippen molar-refractivity contribution in [1.82, 2.24) is 24.8 Å². The number of H-pyrrole nitrogens is 3. The van der Waals surface area contributed by atoms with Gasteiger partial charge >= 0.3 is 0 Å². The smallest absolute Gasteiger partial charge is 0.227 e. The zero-order chi connectivity index (χ0) is 68.0. The third kappa shape index (κ3) is 16.7. The number of benzene rings is 5. The highest BCUT2D eigenvalue weighted by Crippen LogP contribution is 2.40. The van der Waals surface area contributed by atoms with Crippen LogP contribution in [0.15, 0.2) is 105 Å². The van der Waals surface area contributed by atoms with Crippen LogP contribution in [0.5, 0.6) is 5.75 Å². The Labute approximate surface area is 582 Å². The Bertz CT molecular complexity index is 3950. The molecule has 0 radical (unpaired) electrons. The van der Waals surface area contributed by atoms with Gasteiger partial charge in [-0.2, -0.15) is 0 Å². The highest BCUT2D eigenvalue weighted by molar-refractivity contribution is 5.97. The Kier molecular flexibility index (Phi) is 23.5. The molecule has 97 heavy (non-hydrogen) atoms. The monoisotopic (exact) mass is 1310 g/mol. The molecule has 5 aromatic heterocycles. The number of amides is 1. The van der Waals surface area contributed by atoms with E-state index in [9.17, 15) is 4.79 Å². The number of hydrogen-bond donors (Lipinski definition) is 4. The van der Waals surface area contributed by atoms with Crippen molar-refractivity contribution >= 4 is 72.3 Å². The summed E-state index contributed by atoms with van der Waals surface area (Å²) < 4.78 is 17.8. The quantitative estimate of drug-likeness (QED) is 0.108. The molecular weight excluding hydrogens is 1190 g/mol. The van der Waals surface area contributed by atoms with Gasteiger partial charge in [-0.3, -0.25) is 14.6 Å². The third-order valence-corrected chi connectivity index (χ3v) is 21.0. The lowest BCUT2D eigenvalue weighted by Gasteiger charge is -2.19. The van der Waals surface area contributed by atoms with Gasteiger partial charge in [0.2, 0.25) is 5.91 Å². The zero-order valence-electron chi connectivity index (χ0n) is 61.3. The van der Waals surface area contributed by atoms with Gasteiger partial charge in [0.25, 0.3) is 0 Å². The number of ether oxygens (including phenoxy) is 1. The standard InChI is InChI=1S/C20H29NO2.C17H21N.C16H24N2.C16H20N2.C16H18O2.2CH4/c1-12(2)16-6-5-15-9-18-14(10-19(15)23-11-16)7-8-17(13(3)4)20(22)21-18;1-10(2)12-5-13-7-15-9-16(11(3)4)18-17(15)8-14(13)6-12;1-11(2)17-7-13-5-15-9-18(12(3)4)10-16(15)6-14(13)8-17;2*1-9(2)13-6-11-5-12-7-14(10(3)4)18-16(12)8-15(11)17-13;;/h9-10,12-13,16-17H,5-8,11H2,1-4H3,(H,21,22);6-11,18H,5H2,1-4H3;5-6,11-12H,7-10H2,1-4H3;5-10,17-18H,1-4H3;5-10H,1-4H3;2*1H4. The molecule has 0 bridgehead atoms. The maximum Gasteiger partial charge on any atom is 0.227 e. The van der Waals surface area contributed by atoms with Crippen molar-refractivity contribution < 1.29 is 18.4 Å². The Morgan fingerprint density at radius 1 is 0.423 bits per heavy atom. The van der Waals surface area contributed by atoms with E-state index in [0.717, 1.165) is 110 Å². The van der Waals surface area contributed by atoms with Gasteiger partial charge in [-0.15, -0.1) is 0 Å². The largest absolute Gasteiger partial charge is 0.493 e. The number of hydrogen-bond acceptors (Lipinski definition) is 6. The van der Waals surface area contributed by atoms with Gasteiger partial charge < -0.3 is 33.8 Å². The average Bonchev–Trinajstić information content (AvgIpc) is 1.71. The van der Waals surface area contributed by atoms with Crippen molar-refractivity contribution in [2.75, 3.05) is 11.9 Å². The number of nitrogens with one attached hydrogen (secondary N) is 4. The summed E-state index contributed by atoms with van der Waals surface area (Å²) in [6.07, 6.45) is 7.56. The lowest BCUT2D eigenvalue weighted by atomic mass is 9.89. The molecule has 2 unspecified atom stereocenters. The van der Waals surface area contributed by atoms with E-state index in [4.69, 9.17) is 13.6 Å². The molecule has 2 atom stereocenters. The molecule has 10 heteroatoms. The van der Waals surface area contributed by atoms with Gasteiger partial charge in [0.05, 0.1) is 6.61 Å². The molecule has 0 saturated heterocycles. The SMILES string of the molecule is C.C.CC(C)C1=Cc2cc3[nH]c(C(C)C)cc3cc2C1.CC(C)C1CCc2cc3c(cc2OC1)CCC(C(C)C)C(=O)N3.CC(C)N1Cc2cc3c(cc2C1)CN(C(C)C)C3.CC(C)c1cc2cc3cc(C(C)C)[nH]c3cc2[nH]1.CC(C)c1cc2cc3cc(C(C)C)oc3cc2o1. The first kappa shape index (κ1) is 74.0. The summed E-state index contributed by atoms with van der Waals surface area (Å²) in [4.78, 5) is 28.1. The summed E-state index contributed by atoms with van der Waals surface area (Å²) in [6.45, 7) is 49.8. The van der Waals surface area contributed by atoms with Crippen LogP contribution >= 0.6 is 0 Å². The Morgan fingerprint density at radius 2 is 0.887 bits per heavy atom. The van der Waals surface area contributed by atoms with Gasteiger partial charge in [-0.05, 0) is 224 Å². The van der Waals surface area contributed by atoms with Crippen molar-refractivity contribution in [3.05, 3.63) is 170 Å². The van der Waals surface area contributed by atoms with Crippen LogP contribution in [-0.2, 0) is 50.2 Å². The van der Waals surface area contributed by atoms with Crippen molar-refractivity contribution in [1.29, 1.82) is 0 Å². The Balaban J connectivity index is 0.000000142. The zero-order valence-corrected chi connectivity index (χ0v) is 61.3. The number of fused-ring (bicyclic) bond motifs is 10. The van der Waals surface area contributed by atoms with Crippen molar-refractivity contribution in [2.45, 2.75) is 253 Å². The molecule has 0 spiro atoms. The fourth-order valence-electron chi connectivity index (χ4n) is 14.2. The second kappa shape index (κ2) is 30.9. The number of carbonyl (C=O) groups is 1. The van der Waals surface area contributed by atoms with E-state index in [0.29, 0.717) is 65.3 Å². The van der Waals surface area contributed by atoms with Crippen LogP contribution < -0.4 is 10.1 Å². The average molecular weight is 1310 g/mol. The van der Waals surface area contributed by atoms with E-state index in [1.54, 1.807) is 27.8 Å². The van der Waals surface area contributed by atoms with Crippen LogP contribution in [0.2, 0.25) is 0 Å². The number of carbonyl (C=O) groups excluding carboxylic acids is 1. The summed E-state index contributed by atoms with van der Waals surface area (Å²) in [5.41, 5.74) is 23.7. The van der Waals surface area contributed by atoms with Gasteiger partial charge in [-0.25, -0.2) is 0 Å². The van der Waals surface area contributed by atoms with Crippen LogP contribution in [0.1, 0.15) is 269 Å². The molecule has 15 rings (SSSR count). The molecule has 9 heterocycles. The van der Waals surface area contributed by atoms with Gasteiger partial charge in [0, 0.05) is 123 Å². The summed E-state index contributed by atoms with van der Waals surface area (Å²) in [5, 5.41) is 9.44. The number of allylic oxidation sites excluding steroid dienone is 1. The van der Waals surface area contributed by atoms with Crippen LogP contribution in [0.4, 0.5) is 5.69 Å². The maximum absolute atomic E-state index is 12.5. The number of furan rings is 2. The van der Waals surface area contributed by atoms with Gasteiger partial charge in [-0.1, -0.05) is 149 Å². The first-order valence-electron chi connectivity index (χ1n) is 36.3. The molecule has 1 amide bonds. The van der Waals surface area contributed by atoms with Crippen molar-refractivity contribution in [3.8, 4) is 5.75 Å². The van der Waals surface area contributed by atoms with E-state index >= 15 is 0 Å². The highest BCUT2D eigenvalue weighted by atomic mass is 16.5. The van der Waals surface area contributed by atoms with Gasteiger partial charge in [0.15, 0.2) is 0 Å². The van der Waals surface area contributed by atoms with E-state index in [1.165, 1.54) is 72.0 Å².